The maximum absolute atomic E-state index is 13.1. The number of carbonyl (C=O) groups excluding carboxylic acids is 2. The molecule has 0 aromatic carbocycles. The van der Waals surface area contributed by atoms with Crippen LogP contribution in [0.1, 0.15) is 72.1 Å². The monoisotopic (exact) mass is 557 g/mol. The van der Waals surface area contributed by atoms with Crippen LogP contribution in [0.4, 0.5) is 4.79 Å². The van der Waals surface area contributed by atoms with Gasteiger partial charge in [0.05, 0.1) is 5.71 Å². The molecular formula is C32H55N5O3. The lowest BCUT2D eigenvalue weighted by Crippen LogP contribution is -2.51. The molecule has 0 heterocycles. The fourth-order valence-corrected chi connectivity index (χ4v) is 8.73. The number of rotatable bonds is 11. The summed E-state index contributed by atoms with van der Waals surface area (Å²) in [6, 6.07) is 0. The number of fused-ring (bicyclic) bond motifs is 5. The molecule has 0 bridgehead atoms. The fraction of sp³-hybridized carbons (Fsp3) is 0.844. The topological polar surface area (TPSA) is 77.5 Å². The van der Waals surface area contributed by atoms with Crippen molar-refractivity contribution in [3.63, 3.8) is 0 Å². The third kappa shape index (κ3) is 6.65. The molecule has 0 radical (unpaired) electrons. The van der Waals surface area contributed by atoms with Crippen LogP contribution < -0.4 is 5.32 Å². The summed E-state index contributed by atoms with van der Waals surface area (Å²) < 4.78 is 0. The molecule has 0 aromatic rings. The van der Waals surface area contributed by atoms with Gasteiger partial charge in [0.2, 0.25) is 0 Å². The highest BCUT2D eigenvalue weighted by molar-refractivity contribution is 5.91. The second kappa shape index (κ2) is 13.0. The molecule has 226 valence electrons. The number of nitrogens with zero attached hydrogens (tertiary/aromatic N) is 4. The van der Waals surface area contributed by atoms with E-state index in [-0.39, 0.29) is 16.9 Å². The number of hydrogen-bond acceptors (Lipinski definition) is 7. The molecule has 0 aromatic heterocycles. The SMILES string of the molecule is C/C(=N\OC(=O)N(CCNCCN(C)C)CCN(C)C)[C@H]1CC[C@H]2[C@@H]3CCC4=CC(=O)CC[C@]4(C)[C@H]3CC[C@]12C. The van der Waals surface area contributed by atoms with Gasteiger partial charge in [-0.15, -0.1) is 0 Å². The van der Waals surface area contributed by atoms with E-state index in [1.54, 1.807) is 4.90 Å². The van der Waals surface area contributed by atoms with E-state index in [1.807, 2.05) is 20.2 Å². The van der Waals surface area contributed by atoms with Crippen LogP contribution in [0.5, 0.6) is 0 Å². The van der Waals surface area contributed by atoms with Gasteiger partial charge in [-0.25, -0.2) is 4.79 Å². The minimum absolute atomic E-state index is 0.199. The van der Waals surface area contributed by atoms with Crippen molar-refractivity contribution in [2.24, 2.45) is 39.7 Å². The van der Waals surface area contributed by atoms with Gasteiger partial charge in [-0.3, -0.25) is 9.63 Å². The molecule has 4 aliphatic rings. The number of nitrogens with one attached hydrogen (secondary N) is 1. The van der Waals surface area contributed by atoms with Crippen LogP contribution in [0.25, 0.3) is 0 Å². The Morgan fingerprint density at radius 3 is 2.40 bits per heavy atom. The average Bonchev–Trinajstić information content (AvgIpc) is 3.26. The number of likely N-dealkylation sites (N-methyl/N-ethyl adjacent to an activating group) is 2. The lowest BCUT2D eigenvalue weighted by atomic mass is 9.46. The Kier molecular flexibility index (Phi) is 10.2. The number of allylic oxidation sites excluding steroid dienone is 1. The normalized spacial score (nSPS) is 33.9. The maximum atomic E-state index is 13.1. The van der Waals surface area contributed by atoms with Crippen molar-refractivity contribution in [1.82, 2.24) is 20.0 Å². The third-order valence-electron chi connectivity index (χ3n) is 11.1. The van der Waals surface area contributed by atoms with Gasteiger partial charge in [-0.05, 0) is 115 Å². The van der Waals surface area contributed by atoms with E-state index in [2.05, 4.69) is 55.1 Å². The van der Waals surface area contributed by atoms with Crippen LogP contribution in [0.15, 0.2) is 16.8 Å². The predicted molar refractivity (Wildman–Crippen MR) is 161 cm³/mol. The summed E-state index contributed by atoms with van der Waals surface area (Å²) in [7, 11) is 8.16. The molecular weight excluding hydrogens is 502 g/mol. The van der Waals surface area contributed by atoms with E-state index in [4.69, 9.17) is 4.84 Å². The van der Waals surface area contributed by atoms with E-state index in [1.165, 1.54) is 31.3 Å². The molecule has 4 rings (SSSR count). The standard InChI is InChI=1S/C32H55N5O3/c1-23(34-40-30(39)37(21-20-36(6)7)19-17-33-16-18-35(4)5)27-10-11-28-26-9-8-24-22-25(38)12-14-31(24,2)29(26)13-15-32(27,28)3/h22,26-29,33H,8-21H2,1-7H3/b34-23+/t26-,27+,28-,29-,31-,32+/m0/s1. The van der Waals surface area contributed by atoms with E-state index < -0.39 is 0 Å². The Hall–Kier alpha value is -1.77. The molecule has 0 aliphatic heterocycles. The average molecular weight is 558 g/mol. The minimum Gasteiger partial charge on any atom is -0.314 e. The highest BCUT2D eigenvalue weighted by Crippen LogP contribution is 2.66. The van der Waals surface area contributed by atoms with Crippen molar-refractivity contribution in [1.29, 1.82) is 0 Å². The zero-order valence-corrected chi connectivity index (χ0v) is 26.3. The summed E-state index contributed by atoms with van der Waals surface area (Å²) in [5.74, 6) is 2.76. The lowest BCUT2D eigenvalue weighted by Gasteiger charge is -2.58. The minimum atomic E-state index is -0.356. The molecule has 8 heteroatoms. The van der Waals surface area contributed by atoms with Crippen LogP contribution >= 0.6 is 0 Å². The highest BCUT2D eigenvalue weighted by atomic mass is 16.7. The lowest BCUT2D eigenvalue weighted by molar-refractivity contribution is -0.117. The Bertz CT molecular complexity index is 978. The van der Waals surface area contributed by atoms with Gasteiger partial charge in [0.1, 0.15) is 0 Å². The van der Waals surface area contributed by atoms with E-state index in [0.717, 1.165) is 57.1 Å². The molecule has 3 saturated carbocycles. The first kappa shape index (κ1) is 31.2. The molecule has 3 fully saturated rings. The molecule has 8 nitrogen and oxygen atoms in total. The van der Waals surface area contributed by atoms with Crippen LogP contribution in [-0.4, -0.2) is 99.7 Å². The van der Waals surface area contributed by atoms with E-state index in [0.29, 0.717) is 43.0 Å². The number of amides is 1. The summed E-state index contributed by atoms with van der Waals surface area (Å²) in [6.07, 6.45) is 10.4. The largest absolute Gasteiger partial charge is 0.436 e. The predicted octanol–water partition coefficient (Wildman–Crippen LogP) is 4.66. The molecule has 0 saturated heterocycles. The molecule has 0 spiro atoms. The van der Waals surface area contributed by atoms with Gasteiger partial charge < -0.3 is 20.0 Å². The summed E-state index contributed by atoms with van der Waals surface area (Å²) in [5, 5.41) is 7.91. The fourth-order valence-electron chi connectivity index (χ4n) is 8.73. The molecule has 6 atom stereocenters. The summed E-state index contributed by atoms with van der Waals surface area (Å²) in [6.45, 7) is 11.6. The van der Waals surface area contributed by atoms with Crippen molar-refractivity contribution in [2.75, 3.05) is 67.5 Å². The second-order valence-corrected chi connectivity index (χ2v) is 14.1. The van der Waals surface area contributed by atoms with Crippen molar-refractivity contribution in [2.45, 2.75) is 72.1 Å². The molecule has 1 amide bonds. The summed E-state index contributed by atoms with van der Waals surface area (Å²) >= 11 is 0. The smallest absolute Gasteiger partial charge is 0.314 e. The van der Waals surface area contributed by atoms with Gasteiger partial charge in [0, 0.05) is 51.6 Å². The number of oxime groups is 1. The zero-order chi connectivity index (χ0) is 29.1. The third-order valence-corrected chi connectivity index (χ3v) is 11.1. The second-order valence-electron chi connectivity index (χ2n) is 14.1. The van der Waals surface area contributed by atoms with Crippen molar-refractivity contribution >= 4 is 17.6 Å². The van der Waals surface area contributed by atoms with Gasteiger partial charge in [0.25, 0.3) is 0 Å². The van der Waals surface area contributed by atoms with Crippen LogP contribution in [0, 0.1) is 34.5 Å². The number of ketones is 1. The summed E-state index contributed by atoms with van der Waals surface area (Å²) in [4.78, 5) is 36.9. The van der Waals surface area contributed by atoms with Crippen molar-refractivity contribution in [3.05, 3.63) is 11.6 Å². The van der Waals surface area contributed by atoms with Gasteiger partial charge in [-0.1, -0.05) is 24.6 Å². The highest BCUT2D eigenvalue weighted by Gasteiger charge is 2.59. The molecule has 1 N–H and O–H groups in total. The van der Waals surface area contributed by atoms with E-state index >= 15 is 0 Å². The quantitative estimate of drug-likeness (QED) is 0.172. The first-order valence-electron chi connectivity index (χ1n) is 15.7. The first-order valence-corrected chi connectivity index (χ1v) is 15.7. The summed E-state index contributed by atoms with van der Waals surface area (Å²) in [5.41, 5.74) is 2.80. The Labute approximate surface area is 242 Å². The van der Waals surface area contributed by atoms with Crippen LogP contribution in [-0.2, 0) is 9.63 Å². The van der Waals surface area contributed by atoms with E-state index in [9.17, 15) is 9.59 Å². The van der Waals surface area contributed by atoms with Crippen molar-refractivity contribution in [3.8, 4) is 0 Å². The number of carbonyl (C=O) groups is 2. The molecule has 40 heavy (non-hydrogen) atoms. The van der Waals surface area contributed by atoms with Gasteiger partial charge in [-0.2, -0.15) is 0 Å². The Morgan fingerprint density at radius 2 is 1.68 bits per heavy atom. The number of hydrogen-bond donors (Lipinski definition) is 1. The molecule has 0 unspecified atom stereocenters. The zero-order valence-electron chi connectivity index (χ0n) is 26.3. The van der Waals surface area contributed by atoms with Crippen molar-refractivity contribution < 1.29 is 14.4 Å². The Morgan fingerprint density at radius 1 is 0.950 bits per heavy atom. The van der Waals surface area contributed by atoms with Crippen LogP contribution in [0.3, 0.4) is 0 Å². The van der Waals surface area contributed by atoms with Gasteiger partial charge in [0.15, 0.2) is 5.78 Å². The molecule has 4 aliphatic carbocycles. The Balaban J connectivity index is 1.38. The first-order chi connectivity index (χ1) is 19.0. The maximum Gasteiger partial charge on any atom is 0.436 e. The van der Waals surface area contributed by atoms with Crippen LogP contribution in [0.2, 0.25) is 0 Å². The van der Waals surface area contributed by atoms with Gasteiger partial charge >= 0.3 is 6.09 Å².